The highest BCUT2D eigenvalue weighted by Crippen LogP contribution is 2.27. The van der Waals surface area contributed by atoms with Crippen molar-refractivity contribution in [3.8, 4) is 0 Å². The van der Waals surface area contributed by atoms with Gasteiger partial charge in [-0.15, -0.1) is 0 Å². The van der Waals surface area contributed by atoms with Crippen molar-refractivity contribution in [3.63, 3.8) is 0 Å². The van der Waals surface area contributed by atoms with Crippen LogP contribution in [0, 0.1) is 5.92 Å². The number of fused-ring (bicyclic) bond motifs is 3. The van der Waals surface area contributed by atoms with Gasteiger partial charge in [0.1, 0.15) is 17.6 Å². The van der Waals surface area contributed by atoms with Crippen molar-refractivity contribution in [2.24, 2.45) is 5.92 Å². The molecule has 32 heavy (non-hydrogen) atoms. The Balaban J connectivity index is 1.19. The lowest BCUT2D eigenvalue weighted by Gasteiger charge is -2.35. The van der Waals surface area contributed by atoms with Gasteiger partial charge < -0.3 is 14.6 Å². The Bertz CT molecular complexity index is 1200. The van der Waals surface area contributed by atoms with Crippen LogP contribution in [0.1, 0.15) is 44.9 Å². The summed E-state index contributed by atoms with van der Waals surface area (Å²) in [6.07, 6.45) is 8.42. The van der Waals surface area contributed by atoms with E-state index in [-0.39, 0.29) is 41.5 Å². The van der Waals surface area contributed by atoms with Gasteiger partial charge in [0.15, 0.2) is 0 Å². The standard InChI is InChI=1S/C24H28N4O4/c29-20(26-17-10-12-27(13-11-17)23(30)16-6-2-1-3-7-16)14-28-15-25-21-18-8-4-5-9-19(18)32-22(21)24(28)31/h4-5,8-9,15-17H,1-3,6-7,10-14H2,(H,26,29). The van der Waals surface area contributed by atoms with Crippen molar-refractivity contribution in [2.75, 3.05) is 13.1 Å². The van der Waals surface area contributed by atoms with Crippen LogP contribution in [-0.2, 0) is 16.1 Å². The Labute approximate surface area is 185 Å². The molecule has 1 saturated heterocycles. The average molecular weight is 437 g/mol. The second-order valence-corrected chi connectivity index (χ2v) is 8.96. The molecule has 2 aromatic heterocycles. The van der Waals surface area contributed by atoms with Crippen molar-refractivity contribution in [2.45, 2.75) is 57.5 Å². The van der Waals surface area contributed by atoms with Gasteiger partial charge in [-0.3, -0.25) is 19.0 Å². The van der Waals surface area contributed by atoms with E-state index in [0.717, 1.165) is 43.9 Å². The average Bonchev–Trinajstić information content (AvgIpc) is 3.21. The van der Waals surface area contributed by atoms with E-state index in [1.165, 1.54) is 17.3 Å². The minimum absolute atomic E-state index is 0.0106. The Kier molecular flexibility index (Phi) is 5.68. The van der Waals surface area contributed by atoms with Gasteiger partial charge in [0.25, 0.3) is 5.56 Å². The van der Waals surface area contributed by atoms with E-state index in [9.17, 15) is 14.4 Å². The summed E-state index contributed by atoms with van der Waals surface area (Å²) in [6.45, 7) is 1.24. The van der Waals surface area contributed by atoms with Crippen LogP contribution in [0.2, 0.25) is 0 Å². The fraction of sp³-hybridized carbons (Fsp3) is 0.500. The third kappa shape index (κ3) is 4.01. The number of nitrogens with one attached hydrogen (secondary N) is 1. The fourth-order valence-electron chi connectivity index (χ4n) is 5.01. The van der Waals surface area contributed by atoms with E-state index < -0.39 is 0 Å². The Morgan fingerprint density at radius 2 is 1.81 bits per heavy atom. The van der Waals surface area contributed by atoms with Gasteiger partial charge in [-0.25, -0.2) is 4.98 Å². The Morgan fingerprint density at radius 1 is 1.06 bits per heavy atom. The molecule has 0 spiro atoms. The van der Waals surface area contributed by atoms with Crippen LogP contribution < -0.4 is 10.9 Å². The summed E-state index contributed by atoms with van der Waals surface area (Å²) >= 11 is 0. The number of hydrogen-bond acceptors (Lipinski definition) is 5. The number of carbonyl (C=O) groups excluding carboxylic acids is 2. The summed E-state index contributed by atoms with van der Waals surface area (Å²) in [5.74, 6) is 0.232. The molecule has 1 saturated carbocycles. The van der Waals surface area contributed by atoms with E-state index in [1.54, 1.807) is 6.07 Å². The molecule has 1 aliphatic carbocycles. The zero-order valence-electron chi connectivity index (χ0n) is 18.1. The van der Waals surface area contributed by atoms with E-state index >= 15 is 0 Å². The second kappa shape index (κ2) is 8.76. The summed E-state index contributed by atoms with van der Waals surface area (Å²) in [5.41, 5.74) is 0.909. The SMILES string of the molecule is O=C(Cn1cnc2c(oc3ccccc32)c1=O)NC1CCN(C(=O)C2CCCCC2)CC1. The maximum atomic E-state index is 12.8. The monoisotopic (exact) mass is 436 g/mol. The molecule has 2 aliphatic rings. The van der Waals surface area contributed by atoms with Crippen molar-refractivity contribution in [3.05, 3.63) is 40.9 Å². The van der Waals surface area contributed by atoms with E-state index in [2.05, 4.69) is 10.3 Å². The first-order valence-corrected chi connectivity index (χ1v) is 11.5. The maximum absolute atomic E-state index is 12.8. The zero-order valence-corrected chi connectivity index (χ0v) is 18.1. The van der Waals surface area contributed by atoms with E-state index in [0.29, 0.717) is 24.2 Å². The molecule has 2 amide bonds. The number of rotatable bonds is 4. The zero-order chi connectivity index (χ0) is 22.1. The lowest BCUT2D eigenvalue weighted by atomic mass is 9.87. The minimum Gasteiger partial charge on any atom is -0.448 e. The van der Waals surface area contributed by atoms with Crippen LogP contribution in [-0.4, -0.2) is 45.4 Å². The molecule has 1 N–H and O–H groups in total. The molecule has 0 unspecified atom stereocenters. The lowest BCUT2D eigenvalue weighted by molar-refractivity contribution is -0.137. The minimum atomic E-state index is -0.366. The molecular formula is C24H28N4O4. The summed E-state index contributed by atoms with van der Waals surface area (Å²) < 4.78 is 6.95. The van der Waals surface area contributed by atoms with Crippen LogP contribution in [0.3, 0.4) is 0 Å². The molecule has 2 fully saturated rings. The number of piperidine rings is 1. The second-order valence-electron chi connectivity index (χ2n) is 8.96. The maximum Gasteiger partial charge on any atom is 0.297 e. The Morgan fingerprint density at radius 3 is 2.59 bits per heavy atom. The van der Waals surface area contributed by atoms with Crippen molar-refractivity contribution >= 4 is 33.9 Å². The van der Waals surface area contributed by atoms with E-state index in [4.69, 9.17) is 4.42 Å². The lowest BCUT2D eigenvalue weighted by Crippen LogP contribution is -2.49. The van der Waals surface area contributed by atoms with Gasteiger partial charge in [-0.2, -0.15) is 0 Å². The van der Waals surface area contributed by atoms with Gasteiger partial charge in [-0.05, 0) is 37.8 Å². The summed E-state index contributed by atoms with van der Waals surface area (Å²) in [7, 11) is 0. The molecule has 8 nitrogen and oxygen atoms in total. The molecule has 3 heterocycles. The molecule has 0 bridgehead atoms. The van der Waals surface area contributed by atoms with Crippen molar-refractivity contribution in [1.82, 2.24) is 19.8 Å². The van der Waals surface area contributed by atoms with Gasteiger partial charge in [0, 0.05) is 30.4 Å². The highest BCUT2D eigenvalue weighted by molar-refractivity contribution is 6.01. The number of nitrogens with zero attached hydrogens (tertiary/aromatic N) is 3. The molecule has 8 heteroatoms. The molecule has 1 aliphatic heterocycles. The molecular weight excluding hydrogens is 408 g/mol. The quantitative estimate of drug-likeness (QED) is 0.678. The number of furan rings is 1. The fourth-order valence-corrected chi connectivity index (χ4v) is 5.01. The third-order valence-electron chi connectivity index (χ3n) is 6.79. The van der Waals surface area contributed by atoms with Crippen LogP contribution >= 0.6 is 0 Å². The summed E-state index contributed by atoms with van der Waals surface area (Å²) in [5, 5.41) is 3.80. The molecule has 3 aromatic rings. The Hall–Kier alpha value is -3.16. The van der Waals surface area contributed by atoms with Crippen LogP contribution in [0.25, 0.3) is 22.1 Å². The van der Waals surface area contributed by atoms with Gasteiger partial charge in [0.2, 0.25) is 17.4 Å². The van der Waals surface area contributed by atoms with Crippen molar-refractivity contribution in [1.29, 1.82) is 0 Å². The summed E-state index contributed by atoms with van der Waals surface area (Å²) in [4.78, 5) is 44.4. The smallest absolute Gasteiger partial charge is 0.297 e. The highest BCUT2D eigenvalue weighted by Gasteiger charge is 2.29. The number of likely N-dealkylation sites (tertiary alicyclic amines) is 1. The van der Waals surface area contributed by atoms with Crippen LogP contribution in [0.4, 0.5) is 0 Å². The van der Waals surface area contributed by atoms with Crippen LogP contribution in [0.15, 0.2) is 39.8 Å². The predicted octanol–water partition coefficient (Wildman–Crippen LogP) is 2.83. The van der Waals surface area contributed by atoms with Gasteiger partial charge in [-0.1, -0.05) is 31.4 Å². The number of amides is 2. The number of benzene rings is 1. The molecule has 1 aromatic carbocycles. The normalized spacial score (nSPS) is 18.3. The van der Waals surface area contributed by atoms with Crippen LogP contribution in [0.5, 0.6) is 0 Å². The van der Waals surface area contributed by atoms with Gasteiger partial charge >= 0.3 is 0 Å². The van der Waals surface area contributed by atoms with Gasteiger partial charge in [0.05, 0.1) is 6.33 Å². The largest absolute Gasteiger partial charge is 0.448 e. The van der Waals surface area contributed by atoms with Crippen molar-refractivity contribution < 1.29 is 14.0 Å². The number of carbonyl (C=O) groups is 2. The molecule has 0 atom stereocenters. The summed E-state index contributed by atoms with van der Waals surface area (Å²) in [6, 6.07) is 7.36. The first-order valence-electron chi connectivity index (χ1n) is 11.5. The topological polar surface area (TPSA) is 97.4 Å². The third-order valence-corrected chi connectivity index (χ3v) is 6.79. The predicted molar refractivity (Wildman–Crippen MR) is 120 cm³/mol. The van der Waals surface area contributed by atoms with E-state index in [1.807, 2.05) is 23.1 Å². The molecule has 5 rings (SSSR count). The number of hydrogen-bond donors (Lipinski definition) is 1. The number of aromatic nitrogens is 2. The first-order chi connectivity index (χ1) is 15.6. The first kappa shape index (κ1) is 20.7. The molecule has 168 valence electrons. The molecule has 0 radical (unpaired) electrons. The highest BCUT2D eigenvalue weighted by atomic mass is 16.3. The number of para-hydroxylation sites is 1.